The van der Waals surface area contributed by atoms with Gasteiger partial charge in [0.15, 0.2) is 0 Å². The fraction of sp³-hybridized carbons (Fsp3) is 0.333. The van der Waals surface area contributed by atoms with E-state index in [1.165, 1.54) is 16.7 Å². The molecular weight excluding hydrogens is 208 g/mol. The van der Waals surface area contributed by atoms with Crippen LogP contribution in [0, 0.1) is 0 Å². The monoisotopic (exact) mass is 228 g/mol. The molecule has 1 aromatic carbocycles. The molecule has 2 heteroatoms. The van der Waals surface area contributed by atoms with Crippen LogP contribution in [0.1, 0.15) is 32.0 Å². The molecule has 0 saturated carbocycles. The Labute approximate surface area is 103 Å². The second kappa shape index (κ2) is 4.38. The molecular formula is C15H20N2. The maximum absolute atomic E-state index is 5.59. The smallest absolute Gasteiger partial charge is 0.0332 e. The predicted octanol–water partition coefficient (Wildman–Crippen LogP) is 3.44. The van der Waals surface area contributed by atoms with Crippen LogP contribution < -0.4 is 5.73 Å². The highest BCUT2D eigenvalue weighted by Gasteiger charge is 2.13. The molecule has 2 rings (SSSR count). The van der Waals surface area contributed by atoms with E-state index in [1.54, 1.807) is 0 Å². The highest BCUT2D eigenvalue weighted by atomic mass is 14.7. The minimum absolute atomic E-state index is 0.207. The molecule has 0 saturated heterocycles. The van der Waals surface area contributed by atoms with Gasteiger partial charge in [0.05, 0.1) is 0 Å². The van der Waals surface area contributed by atoms with Crippen molar-refractivity contribution < 1.29 is 0 Å². The van der Waals surface area contributed by atoms with Gasteiger partial charge in [0.2, 0.25) is 0 Å². The van der Waals surface area contributed by atoms with Crippen LogP contribution in [0.25, 0.3) is 11.1 Å². The summed E-state index contributed by atoms with van der Waals surface area (Å²) >= 11 is 0. The molecule has 0 fully saturated rings. The number of aromatic nitrogens is 1. The van der Waals surface area contributed by atoms with Crippen molar-refractivity contribution in [3.8, 4) is 11.1 Å². The van der Waals surface area contributed by atoms with Crippen LogP contribution in [-0.2, 0) is 12.0 Å². The van der Waals surface area contributed by atoms with Crippen LogP contribution in [0.15, 0.2) is 36.5 Å². The molecule has 0 atom stereocenters. The molecule has 0 aliphatic carbocycles. The Hall–Kier alpha value is -1.54. The second-order valence-electron chi connectivity index (χ2n) is 5.45. The maximum atomic E-state index is 5.59. The molecule has 0 unspecified atom stereocenters. The third-order valence-electron chi connectivity index (χ3n) is 3.05. The van der Waals surface area contributed by atoms with Crippen molar-refractivity contribution >= 4 is 0 Å². The standard InChI is InChI=1S/C15H20N2/c1-15(2,3)13-6-4-11(5-7-13)12-8-14(9-16)17-10-12/h4-8,10,17H,9,16H2,1-3H3. The summed E-state index contributed by atoms with van der Waals surface area (Å²) in [4.78, 5) is 3.17. The van der Waals surface area contributed by atoms with E-state index in [-0.39, 0.29) is 5.41 Å². The molecule has 3 N–H and O–H groups in total. The van der Waals surface area contributed by atoms with Gasteiger partial charge in [-0.1, -0.05) is 45.0 Å². The molecule has 2 nitrogen and oxygen atoms in total. The molecule has 17 heavy (non-hydrogen) atoms. The highest BCUT2D eigenvalue weighted by Crippen LogP contribution is 2.26. The lowest BCUT2D eigenvalue weighted by atomic mass is 9.86. The van der Waals surface area contributed by atoms with Crippen LogP contribution in [0.2, 0.25) is 0 Å². The number of aromatic amines is 1. The van der Waals surface area contributed by atoms with E-state index in [1.807, 2.05) is 6.20 Å². The van der Waals surface area contributed by atoms with Crippen molar-refractivity contribution in [3.63, 3.8) is 0 Å². The van der Waals surface area contributed by atoms with E-state index in [0.717, 1.165) is 5.69 Å². The number of nitrogens with two attached hydrogens (primary N) is 1. The first-order valence-corrected chi connectivity index (χ1v) is 5.99. The van der Waals surface area contributed by atoms with Gasteiger partial charge in [-0.05, 0) is 28.2 Å². The topological polar surface area (TPSA) is 41.8 Å². The average molecular weight is 228 g/mol. The van der Waals surface area contributed by atoms with E-state index < -0.39 is 0 Å². The fourth-order valence-electron chi connectivity index (χ4n) is 1.89. The molecule has 0 radical (unpaired) electrons. The number of nitrogens with one attached hydrogen (secondary N) is 1. The van der Waals surface area contributed by atoms with Crippen molar-refractivity contribution in [1.82, 2.24) is 4.98 Å². The molecule has 1 heterocycles. The highest BCUT2D eigenvalue weighted by molar-refractivity contribution is 5.64. The number of benzene rings is 1. The van der Waals surface area contributed by atoms with Crippen molar-refractivity contribution in [2.75, 3.05) is 0 Å². The second-order valence-corrected chi connectivity index (χ2v) is 5.45. The van der Waals surface area contributed by atoms with Gasteiger partial charge in [0.1, 0.15) is 0 Å². The zero-order chi connectivity index (χ0) is 12.5. The summed E-state index contributed by atoms with van der Waals surface area (Å²) in [5.74, 6) is 0. The summed E-state index contributed by atoms with van der Waals surface area (Å²) in [5.41, 5.74) is 10.7. The van der Waals surface area contributed by atoms with Gasteiger partial charge in [-0.2, -0.15) is 0 Å². The summed E-state index contributed by atoms with van der Waals surface area (Å²) in [7, 11) is 0. The van der Waals surface area contributed by atoms with Crippen LogP contribution in [0.5, 0.6) is 0 Å². The predicted molar refractivity (Wildman–Crippen MR) is 72.8 cm³/mol. The van der Waals surface area contributed by atoms with Gasteiger partial charge in [-0.25, -0.2) is 0 Å². The van der Waals surface area contributed by atoms with Crippen LogP contribution >= 0.6 is 0 Å². The Bertz CT molecular complexity index is 486. The molecule has 0 amide bonds. The first kappa shape index (κ1) is 11.9. The quantitative estimate of drug-likeness (QED) is 0.812. The summed E-state index contributed by atoms with van der Waals surface area (Å²) < 4.78 is 0. The van der Waals surface area contributed by atoms with Gasteiger partial charge in [0.25, 0.3) is 0 Å². The van der Waals surface area contributed by atoms with E-state index >= 15 is 0 Å². The van der Waals surface area contributed by atoms with Crippen LogP contribution in [-0.4, -0.2) is 4.98 Å². The Morgan fingerprint density at radius 1 is 1.06 bits per heavy atom. The van der Waals surface area contributed by atoms with Crippen molar-refractivity contribution in [2.24, 2.45) is 5.73 Å². The van der Waals surface area contributed by atoms with E-state index in [4.69, 9.17) is 5.73 Å². The molecule has 0 bridgehead atoms. The summed E-state index contributed by atoms with van der Waals surface area (Å²) in [5, 5.41) is 0. The number of hydrogen-bond donors (Lipinski definition) is 2. The summed E-state index contributed by atoms with van der Waals surface area (Å²) in [6, 6.07) is 10.8. The van der Waals surface area contributed by atoms with Gasteiger partial charge in [-0.15, -0.1) is 0 Å². The number of H-pyrrole nitrogens is 1. The first-order chi connectivity index (χ1) is 8.00. The normalized spacial score (nSPS) is 11.8. The fourth-order valence-corrected chi connectivity index (χ4v) is 1.89. The molecule has 1 aromatic heterocycles. The van der Waals surface area contributed by atoms with Gasteiger partial charge in [-0.3, -0.25) is 0 Å². The third-order valence-corrected chi connectivity index (χ3v) is 3.05. The van der Waals surface area contributed by atoms with Gasteiger partial charge < -0.3 is 10.7 Å². The van der Waals surface area contributed by atoms with Crippen molar-refractivity contribution in [2.45, 2.75) is 32.7 Å². The third kappa shape index (κ3) is 2.59. The summed E-state index contributed by atoms with van der Waals surface area (Å²) in [6.07, 6.45) is 2.01. The van der Waals surface area contributed by atoms with Crippen LogP contribution in [0.3, 0.4) is 0 Å². The molecule has 0 spiro atoms. The molecule has 0 aliphatic heterocycles. The largest absolute Gasteiger partial charge is 0.363 e. The lowest BCUT2D eigenvalue weighted by molar-refractivity contribution is 0.590. The van der Waals surface area contributed by atoms with Gasteiger partial charge in [0, 0.05) is 18.4 Å². The average Bonchev–Trinajstić information content (AvgIpc) is 2.76. The van der Waals surface area contributed by atoms with E-state index in [2.05, 4.69) is 56.1 Å². The minimum atomic E-state index is 0.207. The summed E-state index contributed by atoms with van der Waals surface area (Å²) in [6.45, 7) is 7.24. The Balaban J connectivity index is 2.29. The molecule has 90 valence electrons. The SMILES string of the molecule is CC(C)(C)c1ccc(-c2c[nH]c(CN)c2)cc1. The van der Waals surface area contributed by atoms with Crippen LogP contribution in [0.4, 0.5) is 0 Å². The Kier molecular flexibility index (Phi) is 3.07. The van der Waals surface area contributed by atoms with Crippen molar-refractivity contribution in [1.29, 1.82) is 0 Å². The van der Waals surface area contributed by atoms with E-state index in [0.29, 0.717) is 6.54 Å². The van der Waals surface area contributed by atoms with Crippen molar-refractivity contribution in [3.05, 3.63) is 47.8 Å². The Morgan fingerprint density at radius 2 is 1.71 bits per heavy atom. The zero-order valence-electron chi connectivity index (χ0n) is 10.7. The molecule has 2 aromatic rings. The number of rotatable bonds is 2. The Morgan fingerprint density at radius 3 is 2.18 bits per heavy atom. The lowest BCUT2D eigenvalue weighted by Crippen LogP contribution is -2.10. The lowest BCUT2D eigenvalue weighted by Gasteiger charge is -2.19. The minimum Gasteiger partial charge on any atom is -0.363 e. The van der Waals surface area contributed by atoms with Gasteiger partial charge >= 0.3 is 0 Å². The number of hydrogen-bond acceptors (Lipinski definition) is 1. The first-order valence-electron chi connectivity index (χ1n) is 5.99. The van der Waals surface area contributed by atoms with E-state index in [9.17, 15) is 0 Å². The maximum Gasteiger partial charge on any atom is 0.0332 e. The molecule has 0 aliphatic rings. The zero-order valence-corrected chi connectivity index (χ0v) is 10.7.